The quantitative estimate of drug-likeness (QED) is 0.701. The van der Waals surface area contributed by atoms with Gasteiger partial charge >= 0.3 is 0 Å². The third kappa shape index (κ3) is 2.60. The molecule has 2 fully saturated rings. The van der Waals surface area contributed by atoms with Gasteiger partial charge in [0, 0.05) is 26.7 Å². The third-order valence-electron chi connectivity index (χ3n) is 4.29. The lowest BCUT2D eigenvalue weighted by atomic mass is 9.74. The molecule has 108 valence electrons. The van der Waals surface area contributed by atoms with Gasteiger partial charge in [0.1, 0.15) is 0 Å². The van der Waals surface area contributed by atoms with Crippen LogP contribution in [0.25, 0.3) is 0 Å². The summed E-state index contributed by atoms with van der Waals surface area (Å²) in [6.45, 7) is 5.28. The van der Waals surface area contributed by atoms with Crippen molar-refractivity contribution in [2.45, 2.75) is 13.3 Å². The van der Waals surface area contributed by atoms with Crippen LogP contribution in [-0.4, -0.2) is 63.2 Å². The summed E-state index contributed by atoms with van der Waals surface area (Å²) in [6, 6.07) is 0. The standard InChI is InChI=1S/C13H23N3O3/c1-3-16(7-11(17)14-2)12(18)13-8-15-6-10(13)4-5-19-9-13/h10,15H,3-9H2,1-2H3,(H,14,17)/t10-,13+/m1/s1. The molecule has 0 unspecified atom stereocenters. The zero-order valence-electron chi connectivity index (χ0n) is 11.7. The minimum Gasteiger partial charge on any atom is -0.380 e. The summed E-state index contributed by atoms with van der Waals surface area (Å²) in [7, 11) is 1.59. The summed E-state index contributed by atoms with van der Waals surface area (Å²) in [4.78, 5) is 25.9. The zero-order chi connectivity index (χ0) is 13.9. The number of rotatable bonds is 4. The highest BCUT2D eigenvalue weighted by Gasteiger charge is 2.52. The second-order valence-electron chi connectivity index (χ2n) is 5.32. The van der Waals surface area contributed by atoms with E-state index in [0.29, 0.717) is 25.6 Å². The molecule has 0 saturated carbocycles. The van der Waals surface area contributed by atoms with E-state index < -0.39 is 5.41 Å². The van der Waals surface area contributed by atoms with Crippen LogP contribution in [0.4, 0.5) is 0 Å². The van der Waals surface area contributed by atoms with Gasteiger partial charge < -0.3 is 20.3 Å². The van der Waals surface area contributed by atoms with E-state index in [9.17, 15) is 9.59 Å². The van der Waals surface area contributed by atoms with Crippen LogP contribution in [0.1, 0.15) is 13.3 Å². The van der Waals surface area contributed by atoms with Crippen LogP contribution in [0.15, 0.2) is 0 Å². The van der Waals surface area contributed by atoms with Gasteiger partial charge in [-0.3, -0.25) is 9.59 Å². The van der Waals surface area contributed by atoms with Gasteiger partial charge in [-0.25, -0.2) is 0 Å². The van der Waals surface area contributed by atoms with Crippen molar-refractivity contribution in [2.24, 2.45) is 11.3 Å². The molecule has 2 saturated heterocycles. The number of carbonyl (C=O) groups is 2. The van der Waals surface area contributed by atoms with E-state index in [1.807, 2.05) is 6.92 Å². The zero-order valence-corrected chi connectivity index (χ0v) is 11.7. The van der Waals surface area contributed by atoms with Crippen LogP contribution in [0, 0.1) is 11.3 Å². The van der Waals surface area contributed by atoms with Crippen LogP contribution in [0.5, 0.6) is 0 Å². The second-order valence-corrected chi connectivity index (χ2v) is 5.32. The maximum Gasteiger partial charge on any atom is 0.239 e. The lowest BCUT2D eigenvalue weighted by Gasteiger charge is -2.40. The molecular formula is C13H23N3O3. The van der Waals surface area contributed by atoms with E-state index in [1.165, 1.54) is 0 Å². The summed E-state index contributed by atoms with van der Waals surface area (Å²) in [5.41, 5.74) is -0.470. The predicted octanol–water partition coefficient (Wildman–Crippen LogP) is -0.793. The van der Waals surface area contributed by atoms with Crippen LogP contribution in [-0.2, 0) is 14.3 Å². The van der Waals surface area contributed by atoms with Crippen molar-refractivity contribution >= 4 is 11.8 Å². The number of likely N-dealkylation sites (N-methyl/N-ethyl adjacent to an activating group) is 2. The SMILES string of the molecule is CCN(CC(=O)NC)C(=O)[C@]12CNC[C@H]1CCOC2. The molecule has 2 N–H and O–H groups in total. The predicted molar refractivity (Wildman–Crippen MR) is 70.5 cm³/mol. The van der Waals surface area contributed by atoms with E-state index in [-0.39, 0.29) is 18.4 Å². The van der Waals surface area contributed by atoms with E-state index in [2.05, 4.69) is 10.6 Å². The molecule has 0 spiro atoms. The lowest BCUT2D eigenvalue weighted by Crippen LogP contribution is -2.54. The maximum atomic E-state index is 12.8. The number of hydrogen-bond donors (Lipinski definition) is 2. The highest BCUT2D eigenvalue weighted by molar-refractivity contribution is 5.88. The smallest absolute Gasteiger partial charge is 0.239 e. The van der Waals surface area contributed by atoms with Gasteiger partial charge in [0.2, 0.25) is 11.8 Å². The van der Waals surface area contributed by atoms with Gasteiger partial charge in [-0.2, -0.15) is 0 Å². The average Bonchev–Trinajstić information content (AvgIpc) is 2.88. The molecule has 2 heterocycles. The Morgan fingerprint density at radius 1 is 1.53 bits per heavy atom. The van der Waals surface area contributed by atoms with Gasteiger partial charge in [0.25, 0.3) is 0 Å². The number of carbonyl (C=O) groups excluding carboxylic acids is 2. The molecule has 2 aliphatic rings. The number of amides is 2. The number of fused-ring (bicyclic) bond motifs is 1. The monoisotopic (exact) mass is 269 g/mol. The largest absolute Gasteiger partial charge is 0.380 e. The number of hydrogen-bond acceptors (Lipinski definition) is 4. The van der Waals surface area contributed by atoms with Gasteiger partial charge in [-0.1, -0.05) is 0 Å². The summed E-state index contributed by atoms with van der Waals surface area (Å²) in [5, 5.41) is 5.87. The minimum atomic E-state index is -0.470. The van der Waals surface area contributed by atoms with Crippen molar-refractivity contribution in [1.29, 1.82) is 0 Å². The first-order valence-electron chi connectivity index (χ1n) is 6.92. The highest BCUT2D eigenvalue weighted by atomic mass is 16.5. The molecule has 6 heteroatoms. The fourth-order valence-corrected chi connectivity index (χ4v) is 3.04. The molecule has 6 nitrogen and oxygen atoms in total. The fourth-order valence-electron chi connectivity index (χ4n) is 3.04. The second kappa shape index (κ2) is 5.88. The Balaban J connectivity index is 2.13. The van der Waals surface area contributed by atoms with Crippen LogP contribution < -0.4 is 10.6 Å². The third-order valence-corrected chi connectivity index (χ3v) is 4.29. The summed E-state index contributed by atoms with van der Waals surface area (Å²) >= 11 is 0. The molecule has 0 bridgehead atoms. The minimum absolute atomic E-state index is 0.0494. The first kappa shape index (κ1) is 14.3. The van der Waals surface area contributed by atoms with Crippen molar-refractivity contribution in [1.82, 2.24) is 15.5 Å². The first-order valence-corrected chi connectivity index (χ1v) is 6.92. The topological polar surface area (TPSA) is 70.7 Å². The molecular weight excluding hydrogens is 246 g/mol. The first-order chi connectivity index (χ1) is 9.14. The highest BCUT2D eigenvalue weighted by Crippen LogP contribution is 2.39. The molecule has 0 aromatic rings. The summed E-state index contributed by atoms with van der Waals surface area (Å²) in [6.07, 6.45) is 0.913. The molecule has 2 amide bonds. The molecule has 2 rings (SSSR count). The molecule has 2 aliphatic heterocycles. The van der Waals surface area contributed by atoms with Crippen molar-refractivity contribution < 1.29 is 14.3 Å². The van der Waals surface area contributed by atoms with E-state index in [4.69, 9.17) is 4.74 Å². The van der Waals surface area contributed by atoms with Crippen LogP contribution in [0.2, 0.25) is 0 Å². The Morgan fingerprint density at radius 3 is 3.00 bits per heavy atom. The van der Waals surface area contributed by atoms with Crippen LogP contribution in [0.3, 0.4) is 0 Å². The Hall–Kier alpha value is -1.14. The van der Waals surface area contributed by atoms with Gasteiger partial charge in [-0.05, 0) is 25.8 Å². The summed E-state index contributed by atoms with van der Waals surface area (Å²) < 4.78 is 5.55. The van der Waals surface area contributed by atoms with Crippen molar-refractivity contribution in [3.8, 4) is 0 Å². The molecule has 0 aromatic heterocycles. The van der Waals surface area contributed by atoms with Gasteiger partial charge in [-0.15, -0.1) is 0 Å². The van der Waals surface area contributed by atoms with Gasteiger partial charge in [0.15, 0.2) is 0 Å². The van der Waals surface area contributed by atoms with Crippen molar-refractivity contribution in [2.75, 3.05) is 46.4 Å². The van der Waals surface area contributed by atoms with E-state index in [1.54, 1.807) is 11.9 Å². The lowest BCUT2D eigenvalue weighted by molar-refractivity contribution is -0.154. The van der Waals surface area contributed by atoms with Crippen LogP contribution >= 0.6 is 0 Å². The number of ether oxygens (including phenoxy) is 1. The molecule has 2 atom stereocenters. The van der Waals surface area contributed by atoms with Crippen molar-refractivity contribution in [3.63, 3.8) is 0 Å². The Labute approximate surface area is 113 Å². The fraction of sp³-hybridized carbons (Fsp3) is 0.846. The van der Waals surface area contributed by atoms with Gasteiger partial charge in [0.05, 0.1) is 18.6 Å². The molecule has 0 aromatic carbocycles. The molecule has 0 radical (unpaired) electrons. The maximum absolute atomic E-state index is 12.8. The average molecular weight is 269 g/mol. The Kier molecular flexibility index (Phi) is 4.42. The van der Waals surface area contributed by atoms with E-state index in [0.717, 1.165) is 19.6 Å². The molecule has 0 aliphatic carbocycles. The number of nitrogens with zero attached hydrogens (tertiary/aromatic N) is 1. The number of nitrogens with one attached hydrogen (secondary N) is 2. The molecule has 19 heavy (non-hydrogen) atoms. The van der Waals surface area contributed by atoms with Crippen molar-refractivity contribution in [3.05, 3.63) is 0 Å². The summed E-state index contributed by atoms with van der Waals surface area (Å²) in [5.74, 6) is 0.242. The Bertz CT molecular complexity index is 361. The normalized spacial score (nSPS) is 29.7. The Morgan fingerprint density at radius 2 is 2.32 bits per heavy atom. The van der Waals surface area contributed by atoms with E-state index >= 15 is 0 Å².